The average Bonchev–Trinajstić information content (AvgIpc) is 2.89. The van der Waals surface area contributed by atoms with E-state index in [-0.39, 0.29) is 6.10 Å². The van der Waals surface area contributed by atoms with E-state index in [1.54, 1.807) is 0 Å². The van der Waals surface area contributed by atoms with Crippen LogP contribution in [0.5, 0.6) is 0 Å². The number of hydrogen-bond donors (Lipinski definition) is 1. The molecule has 22 heavy (non-hydrogen) atoms. The third kappa shape index (κ3) is 3.43. The van der Waals surface area contributed by atoms with E-state index in [2.05, 4.69) is 49.5 Å². The van der Waals surface area contributed by atoms with Crippen molar-refractivity contribution in [2.45, 2.75) is 64.1 Å². The Hall–Kier alpha value is -1.16. The summed E-state index contributed by atoms with van der Waals surface area (Å²) < 4.78 is 0. The molecule has 1 N–H and O–H groups in total. The molecule has 4 unspecified atom stereocenters. The zero-order valence-electron chi connectivity index (χ0n) is 13.8. The summed E-state index contributed by atoms with van der Waals surface area (Å²) in [6.45, 7) is 6.82. The molecular weight excluding hydrogens is 274 g/mol. The van der Waals surface area contributed by atoms with Crippen LogP contribution >= 0.6 is 0 Å². The lowest BCUT2D eigenvalue weighted by Gasteiger charge is -2.36. The van der Waals surface area contributed by atoms with Gasteiger partial charge in [-0.25, -0.2) is 9.78 Å². The number of hydrogen-bond acceptors (Lipinski definition) is 3. The van der Waals surface area contributed by atoms with E-state index in [0.717, 1.165) is 6.42 Å². The molecule has 0 radical (unpaired) electrons. The third-order valence-corrected chi connectivity index (χ3v) is 4.72. The first-order valence-corrected chi connectivity index (χ1v) is 8.46. The van der Waals surface area contributed by atoms with Gasteiger partial charge in [-0.2, -0.15) is 0 Å². The Morgan fingerprint density at radius 1 is 1.23 bits per heavy atom. The van der Waals surface area contributed by atoms with Crippen molar-refractivity contribution in [1.82, 2.24) is 5.32 Å². The molecule has 0 amide bonds. The van der Waals surface area contributed by atoms with Crippen LogP contribution in [0.3, 0.4) is 0 Å². The number of benzene rings is 1. The number of fused-ring (bicyclic) bond motifs is 2. The van der Waals surface area contributed by atoms with Crippen LogP contribution in [-0.2, 0) is 9.78 Å². The minimum Gasteiger partial charge on any atom is -0.308 e. The van der Waals surface area contributed by atoms with Gasteiger partial charge in [-0.05, 0) is 51.2 Å². The van der Waals surface area contributed by atoms with Crippen molar-refractivity contribution in [3.05, 3.63) is 41.0 Å². The van der Waals surface area contributed by atoms with Crippen molar-refractivity contribution >= 4 is 6.08 Å². The van der Waals surface area contributed by atoms with Gasteiger partial charge in [0.05, 0.1) is 6.61 Å². The summed E-state index contributed by atoms with van der Waals surface area (Å²) in [7, 11) is 0. The zero-order chi connectivity index (χ0) is 15.5. The van der Waals surface area contributed by atoms with Gasteiger partial charge < -0.3 is 5.32 Å². The van der Waals surface area contributed by atoms with E-state index in [0.29, 0.717) is 24.6 Å². The second kappa shape index (κ2) is 6.95. The fourth-order valence-electron chi connectivity index (χ4n) is 3.80. The minimum atomic E-state index is 0.119. The van der Waals surface area contributed by atoms with Crippen LogP contribution in [0.1, 0.15) is 57.1 Å². The molecule has 0 aromatic heterocycles. The molecule has 3 nitrogen and oxygen atoms in total. The second-order valence-electron chi connectivity index (χ2n) is 6.75. The topological polar surface area (TPSA) is 30.5 Å². The van der Waals surface area contributed by atoms with Crippen molar-refractivity contribution < 1.29 is 9.78 Å². The highest BCUT2D eigenvalue weighted by Gasteiger charge is 2.43. The lowest BCUT2D eigenvalue weighted by Crippen LogP contribution is -2.49. The molecule has 0 spiro atoms. The van der Waals surface area contributed by atoms with Crippen molar-refractivity contribution in [2.24, 2.45) is 0 Å². The van der Waals surface area contributed by atoms with E-state index in [1.165, 1.54) is 29.5 Å². The van der Waals surface area contributed by atoms with Crippen LogP contribution in [0, 0.1) is 0 Å². The maximum atomic E-state index is 5.75. The third-order valence-electron chi connectivity index (χ3n) is 4.72. The van der Waals surface area contributed by atoms with Crippen LogP contribution in [0.25, 0.3) is 6.08 Å². The molecule has 2 aliphatic heterocycles. The molecule has 0 aliphatic carbocycles. The molecule has 120 valence electrons. The van der Waals surface area contributed by atoms with E-state index < -0.39 is 0 Å². The monoisotopic (exact) mass is 301 g/mol. The summed E-state index contributed by atoms with van der Waals surface area (Å²) in [5.41, 5.74) is 3.96. The fraction of sp³-hybridized carbons (Fsp3) is 0.579. The van der Waals surface area contributed by atoms with E-state index in [4.69, 9.17) is 9.78 Å². The first-order chi connectivity index (χ1) is 10.7. The van der Waals surface area contributed by atoms with Crippen LogP contribution in [0.2, 0.25) is 0 Å². The Labute approximate surface area is 133 Å². The Morgan fingerprint density at radius 2 is 2.00 bits per heavy atom. The molecule has 2 heterocycles. The van der Waals surface area contributed by atoms with Gasteiger partial charge in [-0.3, -0.25) is 0 Å². The molecule has 4 atom stereocenters. The lowest BCUT2D eigenvalue weighted by atomic mass is 9.83. The summed E-state index contributed by atoms with van der Waals surface area (Å²) in [4.78, 5) is 11.1. The Kier molecular flexibility index (Phi) is 4.97. The van der Waals surface area contributed by atoms with Crippen molar-refractivity contribution in [1.29, 1.82) is 0 Å². The number of nitrogens with one attached hydrogen (secondary N) is 1. The second-order valence-corrected chi connectivity index (χ2v) is 6.75. The number of allylic oxidation sites excluding steroid dienone is 1. The highest BCUT2D eigenvalue weighted by molar-refractivity contribution is 5.52. The van der Waals surface area contributed by atoms with E-state index >= 15 is 0 Å². The van der Waals surface area contributed by atoms with E-state index in [1.807, 2.05) is 6.92 Å². The highest BCUT2D eigenvalue weighted by Crippen LogP contribution is 2.39. The molecule has 2 aliphatic rings. The van der Waals surface area contributed by atoms with Gasteiger partial charge in [-0.15, -0.1) is 0 Å². The summed E-state index contributed by atoms with van der Waals surface area (Å²) in [5, 5.41) is 3.67. The molecule has 3 rings (SSSR count). The standard InChI is InChI=1S/C19H27NO2/c1-4-21-22-19-17(12-16-9-10-18(19)20-16)15-7-5-14(6-8-15)11-13(2)3/h5-8,11,16-20H,4,9-10,12H2,1-3H3. The zero-order valence-corrected chi connectivity index (χ0v) is 13.8. The Balaban J connectivity index is 1.79. The quantitative estimate of drug-likeness (QED) is 0.657. The van der Waals surface area contributed by atoms with Crippen molar-refractivity contribution in [2.75, 3.05) is 6.61 Å². The first kappa shape index (κ1) is 15.7. The molecule has 2 fully saturated rings. The smallest absolute Gasteiger partial charge is 0.115 e. The van der Waals surface area contributed by atoms with Crippen LogP contribution in [0.15, 0.2) is 29.8 Å². The van der Waals surface area contributed by atoms with Gasteiger partial charge in [0.25, 0.3) is 0 Å². The van der Waals surface area contributed by atoms with Gasteiger partial charge in [0.15, 0.2) is 0 Å². The Morgan fingerprint density at radius 3 is 2.68 bits per heavy atom. The van der Waals surface area contributed by atoms with E-state index in [9.17, 15) is 0 Å². The first-order valence-electron chi connectivity index (χ1n) is 8.46. The molecule has 0 saturated carbocycles. The normalized spacial score (nSPS) is 30.3. The summed E-state index contributed by atoms with van der Waals surface area (Å²) in [6, 6.07) is 9.99. The van der Waals surface area contributed by atoms with Crippen LogP contribution in [-0.4, -0.2) is 24.8 Å². The van der Waals surface area contributed by atoms with Crippen molar-refractivity contribution in [3.63, 3.8) is 0 Å². The van der Waals surface area contributed by atoms with Crippen molar-refractivity contribution in [3.8, 4) is 0 Å². The minimum absolute atomic E-state index is 0.119. The SMILES string of the molecule is CCOOC1C2CCC(CC1c1ccc(C=C(C)C)cc1)N2. The fourth-order valence-corrected chi connectivity index (χ4v) is 3.80. The van der Waals surface area contributed by atoms with Gasteiger partial charge in [-0.1, -0.05) is 35.9 Å². The van der Waals surface area contributed by atoms with Gasteiger partial charge in [0, 0.05) is 18.0 Å². The molecular formula is C19H27NO2. The summed E-state index contributed by atoms with van der Waals surface area (Å²) in [5.74, 6) is 0.422. The number of piperidine rings is 1. The van der Waals surface area contributed by atoms with Gasteiger partial charge in [0.2, 0.25) is 0 Å². The summed E-state index contributed by atoms with van der Waals surface area (Å²) >= 11 is 0. The Bertz CT molecular complexity index is 519. The molecule has 1 aromatic carbocycles. The molecule has 2 bridgehead atoms. The predicted molar refractivity (Wildman–Crippen MR) is 89.6 cm³/mol. The molecule has 3 heteroatoms. The summed E-state index contributed by atoms with van der Waals surface area (Å²) in [6.07, 6.45) is 5.91. The lowest BCUT2D eigenvalue weighted by molar-refractivity contribution is -0.332. The predicted octanol–water partition coefficient (Wildman–Crippen LogP) is 4.05. The largest absolute Gasteiger partial charge is 0.308 e. The van der Waals surface area contributed by atoms with Gasteiger partial charge >= 0.3 is 0 Å². The molecule has 1 aromatic rings. The van der Waals surface area contributed by atoms with Crippen LogP contribution in [0.4, 0.5) is 0 Å². The maximum Gasteiger partial charge on any atom is 0.115 e. The van der Waals surface area contributed by atoms with Gasteiger partial charge in [0.1, 0.15) is 6.10 Å². The average molecular weight is 301 g/mol. The molecule has 2 saturated heterocycles. The number of rotatable bonds is 5. The van der Waals surface area contributed by atoms with Crippen LogP contribution < -0.4 is 5.32 Å². The highest BCUT2D eigenvalue weighted by atomic mass is 17.2. The maximum absolute atomic E-state index is 5.75.